The summed E-state index contributed by atoms with van der Waals surface area (Å²) in [5, 5.41) is 0. The zero-order valence-corrected chi connectivity index (χ0v) is 14.9. The molecule has 1 aliphatic heterocycles. The van der Waals surface area contributed by atoms with Gasteiger partial charge in [-0.05, 0) is 37.1 Å². The average molecular weight is 352 g/mol. The lowest BCUT2D eigenvalue weighted by Crippen LogP contribution is -2.32. The van der Waals surface area contributed by atoms with Gasteiger partial charge in [0, 0.05) is 33.0 Å². The van der Waals surface area contributed by atoms with E-state index in [1.807, 2.05) is 47.9 Å². The lowest BCUT2D eigenvalue weighted by Gasteiger charge is -2.26. The number of rotatable bonds is 3. The van der Waals surface area contributed by atoms with Crippen molar-refractivity contribution in [2.45, 2.75) is 18.9 Å². The van der Waals surface area contributed by atoms with Crippen LogP contribution in [0.25, 0.3) is 5.52 Å². The van der Waals surface area contributed by atoms with Gasteiger partial charge in [0.2, 0.25) is 0 Å². The minimum atomic E-state index is -0.481. The van der Waals surface area contributed by atoms with Crippen molar-refractivity contribution in [3.63, 3.8) is 0 Å². The van der Waals surface area contributed by atoms with Gasteiger partial charge in [-0.1, -0.05) is 12.1 Å². The van der Waals surface area contributed by atoms with Crippen molar-refractivity contribution >= 4 is 17.2 Å². The predicted octanol–water partition coefficient (Wildman–Crippen LogP) is 3.52. The van der Waals surface area contributed by atoms with Crippen molar-refractivity contribution in [1.29, 1.82) is 0 Å². The van der Waals surface area contributed by atoms with E-state index in [4.69, 9.17) is 4.98 Å². The van der Waals surface area contributed by atoms with Crippen molar-refractivity contribution in [3.05, 3.63) is 65.9 Å². The minimum absolute atomic E-state index is 0.120. The number of fused-ring (bicyclic) bond motifs is 1. The van der Waals surface area contributed by atoms with E-state index < -0.39 is 5.82 Å². The minimum Gasteiger partial charge on any atom is -0.361 e. The molecule has 3 aromatic rings. The number of halogens is 1. The number of aromatic nitrogens is 2. The highest BCUT2D eigenvalue weighted by molar-refractivity contribution is 5.95. The third-order valence-corrected chi connectivity index (χ3v) is 4.90. The first-order chi connectivity index (χ1) is 12.6. The van der Waals surface area contributed by atoms with Crippen molar-refractivity contribution in [2.24, 2.45) is 0 Å². The second-order valence-electron chi connectivity index (χ2n) is 6.82. The van der Waals surface area contributed by atoms with Gasteiger partial charge in [0.05, 0.1) is 22.8 Å². The number of anilines is 1. The molecule has 1 aliphatic rings. The van der Waals surface area contributed by atoms with E-state index in [9.17, 15) is 9.18 Å². The fraction of sp³-hybridized carbons (Fsp3) is 0.300. The predicted molar refractivity (Wildman–Crippen MR) is 98.9 cm³/mol. The van der Waals surface area contributed by atoms with Crippen LogP contribution in [-0.4, -0.2) is 40.8 Å². The molecular formula is C20H21FN4O. The van der Waals surface area contributed by atoms with Gasteiger partial charge in [0.25, 0.3) is 5.91 Å². The van der Waals surface area contributed by atoms with Gasteiger partial charge < -0.3 is 14.2 Å². The highest BCUT2D eigenvalue weighted by Crippen LogP contribution is 2.34. The molecule has 0 spiro atoms. The molecule has 1 aromatic carbocycles. The van der Waals surface area contributed by atoms with Crippen LogP contribution in [0.5, 0.6) is 0 Å². The summed E-state index contributed by atoms with van der Waals surface area (Å²) in [5.74, 6) is 0.107. The molecule has 1 amide bonds. The Hall–Kier alpha value is -2.89. The molecule has 0 bridgehead atoms. The Bertz CT molecular complexity index is 965. The van der Waals surface area contributed by atoms with Crippen molar-refractivity contribution in [1.82, 2.24) is 14.3 Å². The molecule has 134 valence electrons. The molecule has 0 radical (unpaired) electrons. The third-order valence-electron chi connectivity index (χ3n) is 4.90. The van der Waals surface area contributed by atoms with Crippen LogP contribution < -0.4 is 4.90 Å². The lowest BCUT2D eigenvalue weighted by atomic mass is 10.1. The maximum absolute atomic E-state index is 14.1. The van der Waals surface area contributed by atoms with Crippen LogP contribution in [0.4, 0.5) is 10.2 Å². The van der Waals surface area contributed by atoms with Crippen LogP contribution in [0.15, 0.2) is 48.8 Å². The highest BCUT2D eigenvalue weighted by atomic mass is 19.1. The standard InChI is InChI=1S/C20H21FN4O/c1-23(2)19-18-10-5-11-24(18)13-16(22-19)17-9-6-12-25(17)20(26)14-7-3-4-8-15(14)21/h3-5,7-8,10-11,13,17H,6,9,12H2,1-2H3/t17-/m0/s1. The Morgan fingerprint density at radius 1 is 1.23 bits per heavy atom. The molecule has 0 N–H and O–H groups in total. The van der Waals surface area contributed by atoms with Gasteiger partial charge in [-0.2, -0.15) is 0 Å². The van der Waals surface area contributed by atoms with Crippen LogP contribution in [0.3, 0.4) is 0 Å². The smallest absolute Gasteiger partial charge is 0.257 e. The molecule has 2 aromatic heterocycles. The number of likely N-dealkylation sites (tertiary alicyclic amines) is 1. The number of nitrogens with zero attached hydrogens (tertiary/aromatic N) is 4. The van der Waals surface area contributed by atoms with Crippen molar-refractivity contribution in [3.8, 4) is 0 Å². The molecular weight excluding hydrogens is 331 g/mol. The molecule has 1 saturated heterocycles. The maximum Gasteiger partial charge on any atom is 0.257 e. The van der Waals surface area contributed by atoms with Gasteiger partial charge in [0.1, 0.15) is 5.82 Å². The van der Waals surface area contributed by atoms with Crippen LogP contribution in [-0.2, 0) is 0 Å². The molecule has 1 atom stereocenters. The van der Waals surface area contributed by atoms with Gasteiger partial charge in [-0.15, -0.1) is 0 Å². The Labute approximate surface area is 151 Å². The van der Waals surface area contributed by atoms with Crippen molar-refractivity contribution < 1.29 is 9.18 Å². The van der Waals surface area contributed by atoms with E-state index in [1.54, 1.807) is 23.1 Å². The normalized spacial score (nSPS) is 17.0. The summed E-state index contributed by atoms with van der Waals surface area (Å²) in [5.41, 5.74) is 1.97. The second kappa shape index (κ2) is 6.44. The topological polar surface area (TPSA) is 40.9 Å². The molecule has 1 fully saturated rings. The number of hydrogen-bond acceptors (Lipinski definition) is 3. The first-order valence-electron chi connectivity index (χ1n) is 8.76. The van der Waals surface area contributed by atoms with E-state index in [2.05, 4.69) is 0 Å². The van der Waals surface area contributed by atoms with Crippen molar-refractivity contribution in [2.75, 3.05) is 25.5 Å². The zero-order chi connectivity index (χ0) is 18.3. The first-order valence-corrected chi connectivity index (χ1v) is 8.76. The van der Waals surface area contributed by atoms with E-state index in [-0.39, 0.29) is 17.5 Å². The summed E-state index contributed by atoms with van der Waals surface area (Å²) in [6.07, 6.45) is 5.66. The maximum atomic E-state index is 14.1. The highest BCUT2D eigenvalue weighted by Gasteiger charge is 2.33. The van der Waals surface area contributed by atoms with E-state index in [1.165, 1.54) is 6.07 Å². The second-order valence-corrected chi connectivity index (χ2v) is 6.82. The summed E-state index contributed by atoms with van der Waals surface area (Å²) in [7, 11) is 3.91. The molecule has 5 nitrogen and oxygen atoms in total. The fourth-order valence-corrected chi connectivity index (χ4v) is 3.64. The Morgan fingerprint density at radius 2 is 2.04 bits per heavy atom. The lowest BCUT2D eigenvalue weighted by molar-refractivity contribution is 0.0728. The summed E-state index contributed by atoms with van der Waals surface area (Å²) in [6.45, 7) is 0.612. The molecule has 0 aliphatic carbocycles. The van der Waals surface area contributed by atoms with E-state index in [0.717, 1.165) is 29.9 Å². The molecule has 6 heteroatoms. The largest absolute Gasteiger partial charge is 0.361 e. The Morgan fingerprint density at radius 3 is 2.81 bits per heavy atom. The number of benzene rings is 1. The summed E-state index contributed by atoms with van der Waals surface area (Å²) in [6, 6.07) is 10.0. The Balaban J connectivity index is 1.74. The quantitative estimate of drug-likeness (QED) is 0.724. The van der Waals surface area contributed by atoms with Crippen LogP contribution in [0.1, 0.15) is 34.9 Å². The molecule has 4 rings (SSSR count). The number of carbonyl (C=O) groups excluding carboxylic acids is 1. The molecule has 0 saturated carbocycles. The number of carbonyl (C=O) groups is 1. The van der Waals surface area contributed by atoms with E-state index >= 15 is 0 Å². The molecule has 26 heavy (non-hydrogen) atoms. The average Bonchev–Trinajstić information content (AvgIpc) is 3.29. The number of amides is 1. The summed E-state index contributed by atoms with van der Waals surface area (Å²) in [4.78, 5) is 21.5. The van der Waals surface area contributed by atoms with Gasteiger partial charge in [-0.25, -0.2) is 9.37 Å². The molecule has 3 heterocycles. The summed E-state index contributed by atoms with van der Waals surface area (Å²) >= 11 is 0. The Kier molecular flexibility index (Phi) is 4.11. The van der Waals surface area contributed by atoms with Crippen LogP contribution >= 0.6 is 0 Å². The first kappa shape index (κ1) is 16.6. The number of hydrogen-bond donors (Lipinski definition) is 0. The SMILES string of the molecule is CN(C)c1nc([C@@H]2CCCN2C(=O)c2ccccc2F)cn2cccc12. The van der Waals surface area contributed by atoms with E-state index in [0.29, 0.717) is 6.54 Å². The summed E-state index contributed by atoms with van der Waals surface area (Å²) < 4.78 is 16.1. The monoisotopic (exact) mass is 352 g/mol. The zero-order valence-electron chi connectivity index (χ0n) is 14.9. The molecule has 0 unspecified atom stereocenters. The van der Waals surface area contributed by atoms with Crippen LogP contribution in [0, 0.1) is 5.82 Å². The van der Waals surface area contributed by atoms with Gasteiger partial charge in [-0.3, -0.25) is 4.79 Å². The fourth-order valence-electron chi connectivity index (χ4n) is 3.64. The van der Waals surface area contributed by atoms with Gasteiger partial charge in [0.15, 0.2) is 5.82 Å². The van der Waals surface area contributed by atoms with Gasteiger partial charge >= 0.3 is 0 Å². The third kappa shape index (κ3) is 2.71. The van der Waals surface area contributed by atoms with Crippen LogP contribution in [0.2, 0.25) is 0 Å².